The van der Waals surface area contributed by atoms with Gasteiger partial charge in [-0.2, -0.15) is 0 Å². The van der Waals surface area contributed by atoms with Crippen LogP contribution < -0.4 is 4.90 Å². The lowest BCUT2D eigenvalue weighted by molar-refractivity contribution is 0.319. The average molecular weight is 230 g/mol. The number of benzene rings is 1. The molecule has 0 amide bonds. The van der Waals surface area contributed by atoms with Crippen LogP contribution in [0.5, 0.6) is 0 Å². The molecule has 0 spiro atoms. The molecule has 0 saturated carbocycles. The van der Waals surface area contributed by atoms with E-state index in [0.29, 0.717) is 0 Å². The second-order valence-electron chi connectivity index (χ2n) is 4.64. The molecule has 1 aromatic rings. The molecule has 3 nitrogen and oxygen atoms in total. The molecule has 0 bridgehead atoms. The van der Waals surface area contributed by atoms with Crippen LogP contribution in [0.4, 0.5) is 5.69 Å². The van der Waals surface area contributed by atoms with Gasteiger partial charge in [-0.3, -0.25) is 0 Å². The average Bonchev–Trinajstić information content (AvgIpc) is 2.70. The number of hydrogen-bond acceptors (Lipinski definition) is 3. The van der Waals surface area contributed by atoms with Crippen molar-refractivity contribution in [3.05, 3.63) is 35.4 Å². The fourth-order valence-corrected chi connectivity index (χ4v) is 2.24. The standard InChI is InChI=1S/C14H18N2O/c1-10-4-9-13(15-17)14(10)11-5-7-12(8-6-11)16(2)3/h5-8,17H,4,9H2,1-3H3. The fraction of sp³-hybridized carbons (Fsp3) is 0.357. The second-order valence-corrected chi connectivity index (χ2v) is 4.64. The Kier molecular flexibility index (Phi) is 3.18. The summed E-state index contributed by atoms with van der Waals surface area (Å²) < 4.78 is 0. The molecule has 0 radical (unpaired) electrons. The molecule has 0 fully saturated rings. The highest BCUT2D eigenvalue weighted by Gasteiger charge is 2.20. The van der Waals surface area contributed by atoms with Gasteiger partial charge in [0.1, 0.15) is 0 Å². The van der Waals surface area contributed by atoms with E-state index in [9.17, 15) is 0 Å². The summed E-state index contributed by atoms with van der Waals surface area (Å²) in [5.41, 5.74) is 5.53. The van der Waals surface area contributed by atoms with E-state index >= 15 is 0 Å². The summed E-state index contributed by atoms with van der Waals surface area (Å²) in [6.07, 6.45) is 1.83. The zero-order valence-corrected chi connectivity index (χ0v) is 10.6. The molecule has 1 aliphatic rings. The minimum Gasteiger partial charge on any atom is -0.411 e. The number of rotatable bonds is 2. The quantitative estimate of drug-likeness (QED) is 0.625. The summed E-state index contributed by atoms with van der Waals surface area (Å²) in [4.78, 5) is 2.07. The van der Waals surface area contributed by atoms with Crippen LogP contribution in [0.15, 0.2) is 35.0 Å². The van der Waals surface area contributed by atoms with Crippen molar-refractivity contribution >= 4 is 17.0 Å². The molecule has 2 rings (SSSR count). The predicted octanol–water partition coefficient (Wildman–Crippen LogP) is 3.15. The maximum atomic E-state index is 9.00. The van der Waals surface area contributed by atoms with Gasteiger partial charge in [0.15, 0.2) is 0 Å². The van der Waals surface area contributed by atoms with Crippen molar-refractivity contribution in [2.45, 2.75) is 19.8 Å². The maximum Gasteiger partial charge on any atom is 0.0876 e. The predicted molar refractivity (Wildman–Crippen MR) is 71.8 cm³/mol. The van der Waals surface area contributed by atoms with Gasteiger partial charge in [-0.15, -0.1) is 0 Å². The number of oxime groups is 1. The van der Waals surface area contributed by atoms with E-state index < -0.39 is 0 Å². The van der Waals surface area contributed by atoms with Crippen LogP contribution in [0, 0.1) is 0 Å². The zero-order valence-electron chi connectivity index (χ0n) is 10.6. The summed E-state index contributed by atoms with van der Waals surface area (Å²) in [6.45, 7) is 2.10. The Bertz CT molecular complexity index is 470. The summed E-state index contributed by atoms with van der Waals surface area (Å²) in [5.74, 6) is 0. The van der Waals surface area contributed by atoms with Crippen LogP contribution in [0.1, 0.15) is 25.3 Å². The first-order valence-electron chi connectivity index (χ1n) is 5.82. The molecule has 1 aromatic carbocycles. The zero-order chi connectivity index (χ0) is 12.4. The first-order valence-corrected chi connectivity index (χ1v) is 5.82. The van der Waals surface area contributed by atoms with Gasteiger partial charge in [0, 0.05) is 25.4 Å². The minimum absolute atomic E-state index is 0.806. The molecule has 90 valence electrons. The Hall–Kier alpha value is -1.77. The molecule has 1 aliphatic carbocycles. The molecule has 0 unspecified atom stereocenters. The van der Waals surface area contributed by atoms with E-state index in [-0.39, 0.29) is 0 Å². The van der Waals surface area contributed by atoms with Crippen LogP contribution in [0.3, 0.4) is 0 Å². The highest BCUT2D eigenvalue weighted by atomic mass is 16.4. The van der Waals surface area contributed by atoms with E-state index in [2.05, 4.69) is 41.2 Å². The van der Waals surface area contributed by atoms with Gasteiger partial charge in [0.05, 0.1) is 5.71 Å². The molecule has 3 heteroatoms. The lowest BCUT2D eigenvalue weighted by atomic mass is 10.0. The number of anilines is 1. The van der Waals surface area contributed by atoms with Crippen LogP contribution >= 0.6 is 0 Å². The van der Waals surface area contributed by atoms with Gasteiger partial charge < -0.3 is 10.1 Å². The highest BCUT2D eigenvalue weighted by molar-refractivity contribution is 6.26. The maximum absolute atomic E-state index is 9.00. The largest absolute Gasteiger partial charge is 0.411 e. The van der Waals surface area contributed by atoms with Crippen molar-refractivity contribution in [1.82, 2.24) is 0 Å². The topological polar surface area (TPSA) is 35.8 Å². The first-order chi connectivity index (χ1) is 8.13. The third kappa shape index (κ3) is 2.18. The summed E-state index contributed by atoms with van der Waals surface area (Å²) >= 11 is 0. The molecule has 0 saturated heterocycles. The summed E-state index contributed by atoms with van der Waals surface area (Å²) in [5, 5.41) is 12.4. The van der Waals surface area contributed by atoms with Crippen molar-refractivity contribution in [3.63, 3.8) is 0 Å². The van der Waals surface area contributed by atoms with Gasteiger partial charge >= 0.3 is 0 Å². The second kappa shape index (κ2) is 4.62. The van der Waals surface area contributed by atoms with Crippen LogP contribution in [-0.2, 0) is 0 Å². The van der Waals surface area contributed by atoms with Crippen LogP contribution in [0.2, 0.25) is 0 Å². The molecule has 1 N–H and O–H groups in total. The monoisotopic (exact) mass is 230 g/mol. The Balaban J connectivity index is 2.38. The molecule has 0 heterocycles. The van der Waals surface area contributed by atoms with Crippen LogP contribution in [-0.4, -0.2) is 25.0 Å². The molecular weight excluding hydrogens is 212 g/mol. The minimum atomic E-state index is 0.806. The molecule has 0 aliphatic heterocycles. The summed E-state index contributed by atoms with van der Waals surface area (Å²) in [6, 6.07) is 8.35. The van der Waals surface area contributed by atoms with Crippen molar-refractivity contribution in [1.29, 1.82) is 0 Å². The van der Waals surface area contributed by atoms with Crippen molar-refractivity contribution in [2.75, 3.05) is 19.0 Å². The van der Waals surface area contributed by atoms with E-state index in [0.717, 1.165) is 29.7 Å². The van der Waals surface area contributed by atoms with Gasteiger partial charge in [0.25, 0.3) is 0 Å². The molecular formula is C14H18N2O. The SMILES string of the molecule is CC1=C(c2ccc(N(C)C)cc2)C(=NO)CC1. The van der Waals surface area contributed by atoms with Crippen molar-refractivity contribution in [3.8, 4) is 0 Å². The Morgan fingerprint density at radius 2 is 1.76 bits per heavy atom. The van der Waals surface area contributed by atoms with Gasteiger partial charge in [-0.1, -0.05) is 22.9 Å². The number of nitrogens with zero attached hydrogens (tertiary/aromatic N) is 2. The fourth-order valence-electron chi connectivity index (χ4n) is 2.24. The normalized spacial score (nSPS) is 17.9. The van der Waals surface area contributed by atoms with Crippen molar-refractivity contribution in [2.24, 2.45) is 5.16 Å². The molecule has 0 aromatic heterocycles. The highest BCUT2D eigenvalue weighted by Crippen LogP contribution is 2.32. The lowest BCUT2D eigenvalue weighted by Gasteiger charge is -2.13. The smallest absolute Gasteiger partial charge is 0.0876 e. The van der Waals surface area contributed by atoms with Gasteiger partial charge in [-0.05, 0) is 37.5 Å². The van der Waals surface area contributed by atoms with Gasteiger partial charge in [0.2, 0.25) is 0 Å². The number of hydrogen-bond donors (Lipinski definition) is 1. The number of allylic oxidation sites excluding steroid dienone is 2. The van der Waals surface area contributed by atoms with E-state index in [4.69, 9.17) is 5.21 Å². The Morgan fingerprint density at radius 3 is 2.29 bits per heavy atom. The Morgan fingerprint density at radius 1 is 1.12 bits per heavy atom. The van der Waals surface area contributed by atoms with Crippen LogP contribution in [0.25, 0.3) is 5.57 Å². The molecule has 17 heavy (non-hydrogen) atoms. The third-order valence-corrected chi connectivity index (χ3v) is 3.25. The lowest BCUT2D eigenvalue weighted by Crippen LogP contribution is -2.08. The summed E-state index contributed by atoms with van der Waals surface area (Å²) in [7, 11) is 4.05. The Labute approximate surface area is 102 Å². The van der Waals surface area contributed by atoms with E-state index in [1.807, 2.05) is 14.1 Å². The van der Waals surface area contributed by atoms with E-state index in [1.54, 1.807) is 0 Å². The third-order valence-electron chi connectivity index (χ3n) is 3.25. The van der Waals surface area contributed by atoms with Gasteiger partial charge in [-0.25, -0.2) is 0 Å². The van der Waals surface area contributed by atoms with Crippen molar-refractivity contribution < 1.29 is 5.21 Å². The molecule has 0 atom stereocenters. The first kappa shape index (κ1) is 11.7. The van der Waals surface area contributed by atoms with E-state index in [1.165, 1.54) is 11.3 Å².